The molecule has 3 aromatic rings. The molecule has 118 valence electrons. The average molecular weight is 329 g/mol. The van der Waals surface area contributed by atoms with Crippen LogP contribution in [0.2, 0.25) is 0 Å². The van der Waals surface area contributed by atoms with Gasteiger partial charge < -0.3 is 10.3 Å². The molecule has 2 N–H and O–H groups in total. The molecular weight excluding hydrogens is 313 g/mol. The van der Waals surface area contributed by atoms with Crippen LogP contribution in [0.3, 0.4) is 0 Å². The molecule has 0 aliphatic rings. The number of nitrogens with one attached hydrogen (secondary N) is 2. The van der Waals surface area contributed by atoms with E-state index >= 15 is 0 Å². The van der Waals surface area contributed by atoms with Crippen molar-refractivity contribution in [1.29, 1.82) is 0 Å². The summed E-state index contributed by atoms with van der Waals surface area (Å²) in [6, 6.07) is 13.7. The third kappa shape index (κ3) is 3.90. The van der Waals surface area contributed by atoms with Gasteiger partial charge in [-0.1, -0.05) is 18.2 Å². The Balaban J connectivity index is 1.57. The van der Waals surface area contributed by atoms with Gasteiger partial charge in [0.1, 0.15) is 11.6 Å². The number of H-pyrrole nitrogens is 1. The van der Waals surface area contributed by atoms with Crippen LogP contribution in [0.1, 0.15) is 18.0 Å². The number of aromatic nitrogens is 2. The minimum atomic E-state index is -0.369. The minimum Gasteiger partial charge on any atom is -0.341 e. The second kappa shape index (κ2) is 6.83. The number of carbonyl (C=O) groups excluding carboxylic acids is 1. The lowest BCUT2D eigenvalue weighted by molar-refractivity contribution is -0.113. The van der Waals surface area contributed by atoms with Crippen LogP contribution < -0.4 is 5.32 Å². The van der Waals surface area contributed by atoms with Crippen molar-refractivity contribution in [3.63, 3.8) is 0 Å². The standard InChI is InChI=1S/C17H16FN3OS/c1-11(17-20-14-7-2-3-8-15(14)21-17)23-10-16(22)19-13-6-4-5-12(18)9-13/h2-9,11H,10H2,1H3,(H,19,22)(H,20,21). The van der Waals surface area contributed by atoms with Gasteiger partial charge in [-0.25, -0.2) is 9.37 Å². The maximum Gasteiger partial charge on any atom is 0.234 e. The monoisotopic (exact) mass is 329 g/mol. The van der Waals surface area contributed by atoms with Crippen LogP contribution in [-0.4, -0.2) is 21.6 Å². The molecule has 0 radical (unpaired) electrons. The van der Waals surface area contributed by atoms with Crippen molar-refractivity contribution in [1.82, 2.24) is 9.97 Å². The first kappa shape index (κ1) is 15.6. The Labute approximate surface area is 137 Å². The van der Waals surface area contributed by atoms with Crippen molar-refractivity contribution in [3.8, 4) is 0 Å². The number of para-hydroxylation sites is 2. The first-order valence-corrected chi connectivity index (χ1v) is 8.28. The highest BCUT2D eigenvalue weighted by molar-refractivity contribution is 8.00. The highest BCUT2D eigenvalue weighted by atomic mass is 32.2. The van der Waals surface area contributed by atoms with E-state index in [1.54, 1.807) is 12.1 Å². The molecule has 23 heavy (non-hydrogen) atoms. The van der Waals surface area contributed by atoms with Gasteiger partial charge >= 0.3 is 0 Å². The summed E-state index contributed by atoms with van der Waals surface area (Å²) in [5.74, 6) is 0.582. The number of aromatic amines is 1. The van der Waals surface area contributed by atoms with Crippen molar-refractivity contribution >= 4 is 34.4 Å². The smallest absolute Gasteiger partial charge is 0.234 e. The maximum absolute atomic E-state index is 13.1. The molecule has 1 atom stereocenters. The third-order valence-electron chi connectivity index (χ3n) is 3.37. The van der Waals surface area contributed by atoms with E-state index in [0.717, 1.165) is 16.9 Å². The average Bonchev–Trinajstić information content (AvgIpc) is 2.97. The molecule has 0 saturated heterocycles. The van der Waals surface area contributed by atoms with Crippen LogP contribution in [0.5, 0.6) is 0 Å². The summed E-state index contributed by atoms with van der Waals surface area (Å²) in [5, 5.41) is 2.74. The summed E-state index contributed by atoms with van der Waals surface area (Å²) in [6.07, 6.45) is 0. The highest BCUT2D eigenvalue weighted by Crippen LogP contribution is 2.27. The number of imidazole rings is 1. The van der Waals surface area contributed by atoms with Gasteiger partial charge in [-0.2, -0.15) is 0 Å². The fourth-order valence-electron chi connectivity index (χ4n) is 2.21. The first-order chi connectivity index (χ1) is 11.1. The molecule has 1 heterocycles. The number of nitrogens with zero attached hydrogens (tertiary/aromatic N) is 1. The summed E-state index contributed by atoms with van der Waals surface area (Å²) >= 11 is 1.48. The number of halogens is 1. The van der Waals surface area contributed by atoms with Crippen LogP contribution in [-0.2, 0) is 4.79 Å². The zero-order valence-corrected chi connectivity index (χ0v) is 13.4. The number of hydrogen-bond donors (Lipinski definition) is 2. The van der Waals surface area contributed by atoms with E-state index in [4.69, 9.17) is 0 Å². The van der Waals surface area contributed by atoms with Gasteiger partial charge in [0.05, 0.1) is 22.0 Å². The predicted molar refractivity (Wildman–Crippen MR) is 92.0 cm³/mol. The number of carbonyl (C=O) groups is 1. The van der Waals surface area contributed by atoms with Crippen molar-refractivity contribution in [2.75, 3.05) is 11.1 Å². The summed E-state index contributed by atoms with van der Waals surface area (Å²) < 4.78 is 13.1. The molecule has 6 heteroatoms. The lowest BCUT2D eigenvalue weighted by Gasteiger charge is -2.09. The maximum atomic E-state index is 13.1. The van der Waals surface area contributed by atoms with Gasteiger partial charge in [-0.15, -0.1) is 11.8 Å². The van der Waals surface area contributed by atoms with E-state index < -0.39 is 0 Å². The first-order valence-electron chi connectivity index (χ1n) is 7.23. The van der Waals surface area contributed by atoms with E-state index in [0.29, 0.717) is 5.69 Å². The van der Waals surface area contributed by atoms with E-state index in [1.807, 2.05) is 31.2 Å². The molecule has 0 spiro atoms. The molecule has 0 fully saturated rings. The normalized spacial score (nSPS) is 12.3. The number of amides is 1. The molecule has 0 aliphatic heterocycles. The second-order valence-electron chi connectivity index (χ2n) is 5.15. The predicted octanol–water partition coefficient (Wildman–Crippen LogP) is 4.13. The van der Waals surface area contributed by atoms with Crippen molar-refractivity contribution in [3.05, 3.63) is 60.2 Å². The number of hydrogen-bond acceptors (Lipinski definition) is 3. The Hall–Kier alpha value is -2.34. The summed E-state index contributed by atoms with van der Waals surface area (Å²) in [4.78, 5) is 19.7. The molecule has 1 aromatic heterocycles. The fraction of sp³-hybridized carbons (Fsp3) is 0.176. The number of rotatable bonds is 5. The molecular formula is C17H16FN3OS. The lowest BCUT2D eigenvalue weighted by Crippen LogP contribution is -2.14. The van der Waals surface area contributed by atoms with Crippen molar-refractivity contribution in [2.24, 2.45) is 0 Å². The van der Waals surface area contributed by atoms with E-state index in [9.17, 15) is 9.18 Å². The van der Waals surface area contributed by atoms with Crippen LogP contribution in [0.4, 0.5) is 10.1 Å². The van der Waals surface area contributed by atoms with Gasteiger partial charge in [0.25, 0.3) is 0 Å². The number of anilines is 1. The Morgan fingerprint density at radius 1 is 1.30 bits per heavy atom. The Morgan fingerprint density at radius 2 is 2.13 bits per heavy atom. The number of fused-ring (bicyclic) bond motifs is 1. The molecule has 4 nitrogen and oxygen atoms in total. The largest absolute Gasteiger partial charge is 0.341 e. The molecule has 3 rings (SSSR count). The Bertz CT molecular complexity index is 800. The van der Waals surface area contributed by atoms with E-state index in [-0.39, 0.29) is 22.7 Å². The fourth-order valence-corrected chi connectivity index (χ4v) is 2.95. The Kier molecular flexibility index (Phi) is 4.62. The van der Waals surface area contributed by atoms with Crippen LogP contribution in [0, 0.1) is 5.82 Å². The van der Waals surface area contributed by atoms with Crippen LogP contribution in [0.25, 0.3) is 11.0 Å². The highest BCUT2D eigenvalue weighted by Gasteiger charge is 2.13. The lowest BCUT2D eigenvalue weighted by atomic mass is 10.3. The quantitative estimate of drug-likeness (QED) is 0.740. The van der Waals surface area contributed by atoms with Gasteiger partial charge in [0.15, 0.2) is 0 Å². The summed E-state index contributed by atoms with van der Waals surface area (Å²) in [6.45, 7) is 2.00. The van der Waals surface area contributed by atoms with Crippen molar-refractivity contribution in [2.45, 2.75) is 12.2 Å². The summed E-state index contributed by atoms with van der Waals surface area (Å²) in [5.41, 5.74) is 2.37. The third-order valence-corrected chi connectivity index (χ3v) is 4.52. The molecule has 0 saturated carbocycles. The van der Waals surface area contributed by atoms with Crippen LogP contribution >= 0.6 is 11.8 Å². The number of thioether (sulfide) groups is 1. The molecule has 2 aromatic carbocycles. The molecule has 0 bridgehead atoms. The summed E-state index contributed by atoms with van der Waals surface area (Å²) in [7, 11) is 0. The van der Waals surface area contributed by atoms with Crippen molar-refractivity contribution < 1.29 is 9.18 Å². The van der Waals surface area contributed by atoms with Crippen LogP contribution in [0.15, 0.2) is 48.5 Å². The van der Waals surface area contributed by atoms with E-state index in [2.05, 4.69) is 15.3 Å². The van der Waals surface area contributed by atoms with Gasteiger partial charge in [-0.05, 0) is 37.3 Å². The molecule has 1 unspecified atom stereocenters. The topological polar surface area (TPSA) is 57.8 Å². The van der Waals surface area contributed by atoms with Gasteiger partial charge in [0.2, 0.25) is 5.91 Å². The SMILES string of the molecule is CC(SCC(=O)Nc1cccc(F)c1)c1nc2ccccc2[nH]1. The van der Waals surface area contributed by atoms with E-state index in [1.165, 1.54) is 23.9 Å². The molecule has 0 aliphatic carbocycles. The number of benzene rings is 2. The zero-order chi connectivity index (χ0) is 16.2. The Morgan fingerprint density at radius 3 is 2.91 bits per heavy atom. The minimum absolute atomic E-state index is 0.0562. The second-order valence-corrected chi connectivity index (χ2v) is 6.48. The van der Waals surface area contributed by atoms with Gasteiger partial charge in [-0.3, -0.25) is 4.79 Å². The zero-order valence-electron chi connectivity index (χ0n) is 12.5. The molecule has 1 amide bonds. The van der Waals surface area contributed by atoms with Gasteiger partial charge in [0, 0.05) is 5.69 Å².